The van der Waals surface area contributed by atoms with Crippen LogP contribution in [-0.2, 0) is 0 Å². The van der Waals surface area contributed by atoms with Crippen LogP contribution in [0.2, 0.25) is 0 Å². The minimum absolute atomic E-state index is 0.287. The first kappa shape index (κ1) is 6.37. The molecule has 0 bridgehead atoms. The number of halogens is 1. The van der Waals surface area contributed by atoms with Crippen molar-refractivity contribution in [1.82, 2.24) is 0 Å². The van der Waals surface area contributed by atoms with Gasteiger partial charge in [-0.25, -0.2) is 0 Å². The van der Waals surface area contributed by atoms with Crippen LogP contribution in [0.15, 0.2) is 16.2 Å². The summed E-state index contributed by atoms with van der Waals surface area (Å²) in [5.41, 5.74) is 0. The molecule has 0 atom stereocenters. The molecule has 0 rings (SSSR count). The van der Waals surface area contributed by atoms with Gasteiger partial charge < -0.3 is 5.41 Å². The highest BCUT2D eigenvalue weighted by molar-refractivity contribution is 6.38. The van der Waals surface area contributed by atoms with E-state index in [4.69, 9.17) is 17.0 Å². The zero-order chi connectivity index (χ0) is 5.70. The summed E-state index contributed by atoms with van der Waals surface area (Å²) >= 11 is 5.25. The van der Waals surface area contributed by atoms with Crippen molar-refractivity contribution in [2.24, 2.45) is 4.99 Å². The van der Waals surface area contributed by atoms with Gasteiger partial charge in [0.15, 0.2) is 0 Å². The molecule has 0 radical (unpaired) electrons. The summed E-state index contributed by atoms with van der Waals surface area (Å²) in [5, 5.41) is 6.79. The largest absolute Gasteiger partial charge is 0.307 e. The molecule has 38 valence electrons. The molecule has 0 aliphatic carbocycles. The maximum atomic E-state index is 6.50. The summed E-state index contributed by atoms with van der Waals surface area (Å²) in [6, 6.07) is 0. The maximum absolute atomic E-state index is 6.50. The van der Waals surface area contributed by atoms with Gasteiger partial charge in [-0.05, 0) is 6.72 Å². The molecule has 0 unspecified atom stereocenters. The molecular formula is C4H5ClN2. The Labute approximate surface area is 47.0 Å². The Morgan fingerprint density at radius 1 is 1.86 bits per heavy atom. The molecule has 0 amide bonds. The van der Waals surface area contributed by atoms with Crippen molar-refractivity contribution >= 4 is 24.5 Å². The Kier molecular flexibility index (Phi) is 3.24. The first-order chi connectivity index (χ1) is 3.31. The van der Waals surface area contributed by atoms with E-state index in [1.54, 1.807) is 0 Å². The van der Waals surface area contributed by atoms with E-state index in [0.717, 1.165) is 6.21 Å². The predicted octanol–water partition coefficient (Wildman–Crippen LogP) is 1.42. The molecule has 2 nitrogen and oxygen atoms in total. The topological polar surface area (TPSA) is 36.2 Å². The van der Waals surface area contributed by atoms with Gasteiger partial charge in [0.05, 0.1) is 5.03 Å². The molecule has 7 heavy (non-hydrogen) atoms. The number of rotatable bonds is 2. The molecule has 0 aromatic rings. The molecule has 3 heteroatoms. The normalized spacial score (nSPS) is 10.7. The molecule has 0 heterocycles. The number of hydrogen-bond donors (Lipinski definition) is 1. The van der Waals surface area contributed by atoms with Crippen molar-refractivity contribution < 1.29 is 0 Å². The van der Waals surface area contributed by atoms with Gasteiger partial charge in [-0.1, -0.05) is 11.6 Å². The summed E-state index contributed by atoms with van der Waals surface area (Å²) in [4.78, 5) is 3.31. The first-order valence-corrected chi connectivity index (χ1v) is 2.01. The van der Waals surface area contributed by atoms with Crippen molar-refractivity contribution in [2.45, 2.75) is 0 Å². The van der Waals surface area contributed by atoms with E-state index in [0.29, 0.717) is 0 Å². The fourth-order valence-electron chi connectivity index (χ4n) is 0.124. The zero-order valence-electron chi connectivity index (χ0n) is 3.69. The number of hydrogen-bond acceptors (Lipinski definition) is 2. The van der Waals surface area contributed by atoms with E-state index in [1.165, 1.54) is 6.20 Å². The fraction of sp³-hybridized carbons (Fsp3) is 0. The quantitative estimate of drug-likeness (QED) is 0.530. The summed E-state index contributed by atoms with van der Waals surface area (Å²) < 4.78 is 0. The van der Waals surface area contributed by atoms with Crippen molar-refractivity contribution in [3.63, 3.8) is 0 Å². The second kappa shape index (κ2) is 3.56. The van der Waals surface area contributed by atoms with Gasteiger partial charge >= 0.3 is 0 Å². The van der Waals surface area contributed by atoms with Crippen LogP contribution in [0.4, 0.5) is 0 Å². The van der Waals surface area contributed by atoms with Crippen molar-refractivity contribution in [3.05, 3.63) is 11.2 Å². The van der Waals surface area contributed by atoms with Crippen LogP contribution in [0.3, 0.4) is 0 Å². The van der Waals surface area contributed by atoms with Crippen molar-refractivity contribution in [3.8, 4) is 0 Å². The first-order valence-electron chi connectivity index (χ1n) is 1.63. The Bertz CT molecular complexity index is 106. The molecule has 1 N–H and O–H groups in total. The Morgan fingerprint density at radius 2 is 2.43 bits per heavy atom. The monoisotopic (exact) mass is 116 g/mol. The van der Waals surface area contributed by atoms with Crippen LogP contribution in [0.5, 0.6) is 0 Å². The average molecular weight is 117 g/mol. The highest BCUT2D eigenvalue weighted by Crippen LogP contribution is 1.93. The molecular weight excluding hydrogens is 112 g/mol. The van der Waals surface area contributed by atoms with E-state index in [2.05, 4.69) is 11.7 Å². The Morgan fingerprint density at radius 3 is 2.57 bits per heavy atom. The molecule has 0 aliphatic rings. The molecule has 0 saturated heterocycles. The second-order valence-corrected chi connectivity index (χ2v) is 1.28. The summed E-state index contributed by atoms with van der Waals surface area (Å²) in [6.07, 6.45) is 2.30. The fourth-order valence-corrected chi connectivity index (χ4v) is 0.193. The van der Waals surface area contributed by atoms with Gasteiger partial charge in [0, 0.05) is 12.4 Å². The third-order valence-electron chi connectivity index (χ3n) is 0.353. The van der Waals surface area contributed by atoms with Crippen LogP contribution in [0.25, 0.3) is 0 Å². The van der Waals surface area contributed by atoms with Gasteiger partial charge in [0.2, 0.25) is 0 Å². The molecule has 0 saturated carbocycles. The minimum Gasteiger partial charge on any atom is -0.307 e. The molecule has 0 aromatic heterocycles. The van der Waals surface area contributed by atoms with Gasteiger partial charge in [0.1, 0.15) is 0 Å². The lowest BCUT2D eigenvalue weighted by atomic mass is 10.7. The highest BCUT2D eigenvalue weighted by Gasteiger charge is 1.75. The lowest BCUT2D eigenvalue weighted by molar-refractivity contribution is 1.55. The smallest absolute Gasteiger partial charge is 0.0763 e. The van der Waals surface area contributed by atoms with Crippen LogP contribution < -0.4 is 0 Å². The maximum Gasteiger partial charge on any atom is 0.0763 e. The lowest BCUT2D eigenvalue weighted by Crippen LogP contribution is -1.65. The number of aliphatic imine (C=N–C) groups is 1. The van der Waals surface area contributed by atoms with Crippen LogP contribution in [0, 0.1) is 5.41 Å². The minimum atomic E-state index is 0.287. The lowest BCUT2D eigenvalue weighted by Gasteiger charge is -1.75. The average Bonchev–Trinajstić information content (AvgIpc) is 1.68. The van der Waals surface area contributed by atoms with Gasteiger partial charge in [-0.3, -0.25) is 4.99 Å². The molecule has 0 spiro atoms. The van der Waals surface area contributed by atoms with Crippen LogP contribution >= 0.6 is 11.6 Å². The van der Waals surface area contributed by atoms with Crippen LogP contribution in [-0.4, -0.2) is 12.9 Å². The number of allylic oxidation sites excluding steroid dienone is 1. The Hall–Kier alpha value is -0.630. The van der Waals surface area contributed by atoms with Crippen LogP contribution in [0.1, 0.15) is 0 Å². The number of nitrogens with one attached hydrogen (secondary N) is 1. The molecule has 0 aromatic carbocycles. The van der Waals surface area contributed by atoms with Crippen molar-refractivity contribution in [2.75, 3.05) is 0 Å². The summed E-state index contributed by atoms with van der Waals surface area (Å²) in [5.74, 6) is 0. The highest BCUT2D eigenvalue weighted by atomic mass is 35.5. The summed E-state index contributed by atoms with van der Waals surface area (Å²) in [7, 11) is 0. The van der Waals surface area contributed by atoms with Gasteiger partial charge in [0.25, 0.3) is 0 Å². The predicted molar refractivity (Wildman–Crippen MR) is 32.3 cm³/mol. The second-order valence-electron chi connectivity index (χ2n) is 0.841. The summed E-state index contributed by atoms with van der Waals surface area (Å²) in [6.45, 7) is 3.13. The van der Waals surface area contributed by atoms with Gasteiger partial charge in [-0.15, -0.1) is 0 Å². The van der Waals surface area contributed by atoms with Crippen molar-refractivity contribution in [1.29, 1.82) is 5.41 Å². The third kappa shape index (κ3) is 3.19. The zero-order valence-corrected chi connectivity index (χ0v) is 4.44. The SMILES string of the molecule is C=N/C=C(/Cl)C=N. The van der Waals surface area contributed by atoms with E-state index in [9.17, 15) is 0 Å². The molecule has 0 fully saturated rings. The Balaban J connectivity index is 3.72. The van der Waals surface area contributed by atoms with E-state index >= 15 is 0 Å². The molecule has 0 aliphatic heterocycles. The van der Waals surface area contributed by atoms with E-state index in [1.807, 2.05) is 0 Å². The standard InChI is InChI=1S/C4H5ClN2/c1-7-3-4(5)2-6/h2-3,6H,1H2/b4-3+,6-2?. The van der Waals surface area contributed by atoms with E-state index in [-0.39, 0.29) is 5.03 Å². The number of nitrogens with zero attached hydrogens (tertiary/aromatic N) is 1. The van der Waals surface area contributed by atoms with Gasteiger partial charge in [-0.2, -0.15) is 0 Å². The van der Waals surface area contributed by atoms with E-state index < -0.39 is 0 Å². The third-order valence-corrected chi connectivity index (χ3v) is 0.559.